The Morgan fingerprint density at radius 3 is 2.67 bits per heavy atom. The lowest BCUT2D eigenvalue weighted by molar-refractivity contribution is 0.0463. The predicted octanol–water partition coefficient (Wildman–Crippen LogP) is 2.85. The van der Waals surface area contributed by atoms with E-state index in [0.717, 1.165) is 39.1 Å². The van der Waals surface area contributed by atoms with Crippen molar-refractivity contribution in [2.24, 2.45) is 11.8 Å². The van der Waals surface area contributed by atoms with E-state index in [0.29, 0.717) is 11.5 Å². The van der Waals surface area contributed by atoms with Gasteiger partial charge in [0.2, 0.25) is 0 Å². The third kappa shape index (κ3) is 4.77. The summed E-state index contributed by atoms with van der Waals surface area (Å²) in [7, 11) is 2.07. The molecular formula is C17H26FNO2. The number of halogens is 1. The van der Waals surface area contributed by atoms with Crippen molar-refractivity contribution >= 4 is 0 Å². The van der Waals surface area contributed by atoms with Crippen LogP contribution in [0.1, 0.15) is 31.4 Å². The third-order valence-corrected chi connectivity index (χ3v) is 4.27. The van der Waals surface area contributed by atoms with E-state index in [9.17, 15) is 9.50 Å². The van der Waals surface area contributed by atoms with Gasteiger partial charge >= 0.3 is 0 Å². The molecule has 1 aliphatic heterocycles. The van der Waals surface area contributed by atoms with Gasteiger partial charge in [0.25, 0.3) is 0 Å². The zero-order valence-electron chi connectivity index (χ0n) is 13.0. The summed E-state index contributed by atoms with van der Waals surface area (Å²) in [6.07, 6.45) is 1.45. The van der Waals surface area contributed by atoms with Crippen LogP contribution in [0.4, 0.5) is 4.39 Å². The maximum Gasteiger partial charge on any atom is 0.129 e. The van der Waals surface area contributed by atoms with E-state index in [1.807, 2.05) is 6.92 Å². The van der Waals surface area contributed by atoms with Crippen LogP contribution in [0.2, 0.25) is 0 Å². The molecule has 1 aliphatic rings. The van der Waals surface area contributed by atoms with Gasteiger partial charge in [0.05, 0.1) is 6.10 Å². The molecule has 21 heavy (non-hydrogen) atoms. The van der Waals surface area contributed by atoms with Crippen molar-refractivity contribution in [2.75, 3.05) is 33.4 Å². The first kappa shape index (κ1) is 16.4. The summed E-state index contributed by atoms with van der Waals surface area (Å²) in [4.78, 5) is 2.24. The molecule has 2 atom stereocenters. The Hall–Kier alpha value is -0.970. The van der Waals surface area contributed by atoms with Gasteiger partial charge in [-0.05, 0) is 37.8 Å². The van der Waals surface area contributed by atoms with Gasteiger partial charge in [0.1, 0.15) is 5.82 Å². The van der Waals surface area contributed by atoms with Crippen LogP contribution in [0.3, 0.4) is 0 Å². The van der Waals surface area contributed by atoms with Gasteiger partial charge < -0.3 is 14.7 Å². The second-order valence-corrected chi connectivity index (χ2v) is 6.22. The normalized spacial score (nSPS) is 19.7. The van der Waals surface area contributed by atoms with E-state index in [1.54, 1.807) is 18.2 Å². The molecule has 3 nitrogen and oxygen atoms in total. The summed E-state index contributed by atoms with van der Waals surface area (Å²) in [5, 5.41) is 10.3. The van der Waals surface area contributed by atoms with Crippen LogP contribution in [0.5, 0.6) is 0 Å². The quantitative estimate of drug-likeness (QED) is 0.876. The minimum Gasteiger partial charge on any atom is -0.388 e. The van der Waals surface area contributed by atoms with Crippen LogP contribution in [-0.2, 0) is 4.74 Å². The van der Waals surface area contributed by atoms with Gasteiger partial charge in [0, 0.05) is 31.9 Å². The number of aliphatic hydroxyl groups excluding tert-OH is 1. The molecule has 2 unspecified atom stereocenters. The van der Waals surface area contributed by atoms with Crippen LogP contribution in [0, 0.1) is 17.7 Å². The maximum absolute atomic E-state index is 13.7. The molecule has 2 rings (SSSR count). The highest BCUT2D eigenvalue weighted by atomic mass is 19.1. The largest absolute Gasteiger partial charge is 0.388 e. The Morgan fingerprint density at radius 2 is 2.00 bits per heavy atom. The zero-order valence-corrected chi connectivity index (χ0v) is 13.0. The van der Waals surface area contributed by atoms with Crippen molar-refractivity contribution in [1.82, 2.24) is 4.90 Å². The molecule has 1 aromatic rings. The molecule has 0 saturated carbocycles. The average molecular weight is 295 g/mol. The molecule has 4 heteroatoms. The Balaban J connectivity index is 1.85. The van der Waals surface area contributed by atoms with Crippen molar-refractivity contribution < 1.29 is 14.2 Å². The highest BCUT2D eigenvalue weighted by Gasteiger charge is 2.22. The van der Waals surface area contributed by atoms with Gasteiger partial charge in [-0.3, -0.25) is 0 Å². The van der Waals surface area contributed by atoms with Crippen molar-refractivity contribution in [1.29, 1.82) is 0 Å². The monoisotopic (exact) mass is 295 g/mol. The Bertz CT molecular complexity index is 435. The molecular weight excluding hydrogens is 269 g/mol. The van der Waals surface area contributed by atoms with Gasteiger partial charge in [-0.1, -0.05) is 25.1 Å². The average Bonchev–Trinajstić information content (AvgIpc) is 2.48. The van der Waals surface area contributed by atoms with Crippen LogP contribution in [0.25, 0.3) is 0 Å². The highest BCUT2D eigenvalue weighted by molar-refractivity contribution is 5.20. The molecule has 1 fully saturated rings. The first-order valence-corrected chi connectivity index (χ1v) is 7.76. The van der Waals surface area contributed by atoms with E-state index < -0.39 is 6.10 Å². The molecule has 1 N–H and O–H groups in total. The molecule has 118 valence electrons. The lowest BCUT2D eigenvalue weighted by Gasteiger charge is -2.30. The molecule has 1 saturated heterocycles. The summed E-state index contributed by atoms with van der Waals surface area (Å²) >= 11 is 0. The minimum absolute atomic E-state index is 0.00765. The number of aliphatic hydroxyl groups is 1. The van der Waals surface area contributed by atoms with Crippen molar-refractivity contribution in [2.45, 2.75) is 25.9 Å². The lowest BCUT2D eigenvalue weighted by Crippen LogP contribution is -2.34. The fourth-order valence-electron chi connectivity index (χ4n) is 3.06. The van der Waals surface area contributed by atoms with Crippen LogP contribution in [-0.4, -0.2) is 43.4 Å². The second kappa shape index (κ2) is 7.87. The van der Waals surface area contributed by atoms with E-state index >= 15 is 0 Å². The van der Waals surface area contributed by atoms with Gasteiger partial charge in [-0.2, -0.15) is 0 Å². The second-order valence-electron chi connectivity index (χ2n) is 6.22. The van der Waals surface area contributed by atoms with Crippen LogP contribution < -0.4 is 0 Å². The number of ether oxygens (including phenoxy) is 1. The Kier molecular flexibility index (Phi) is 6.15. The molecule has 1 aromatic carbocycles. The van der Waals surface area contributed by atoms with Crippen LogP contribution in [0.15, 0.2) is 24.3 Å². The van der Waals surface area contributed by atoms with Gasteiger partial charge in [-0.25, -0.2) is 4.39 Å². The Labute approximate surface area is 126 Å². The van der Waals surface area contributed by atoms with Gasteiger partial charge in [-0.15, -0.1) is 0 Å². The molecule has 0 bridgehead atoms. The summed E-state index contributed by atoms with van der Waals surface area (Å²) in [5.74, 6) is 0.331. The number of benzene rings is 1. The first-order chi connectivity index (χ1) is 10.1. The van der Waals surface area contributed by atoms with E-state index in [2.05, 4.69) is 11.9 Å². The number of hydrogen-bond acceptors (Lipinski definition) is 3. The maximum atomic E-state index is 13.7. The van der Waals surface area contributed by atoms with Crippen molar-refractivity contribution in [3.05, 3.63) is 35.6 Å². The smallest absolute Gasteiger partial charge is 0.129 e. The van der Waals surface area contributed by atoms with E-state index in [1.165, 1.54) is 6.07 Å². The molecule has 0 aliphatic carbocycles. The third-order valence-electron chi connectivity index (χ3n) is 4.27. The summed E-state index contributed by atoms with van der Waals surface area (Å²) < 4.78 is 19.1. The van der Waals surface area contributed by atoms with Gasteiger partial charge in [0.15, 0.2) is 0 Å². The topological polar surface area (TPSA) is 32.7 Å². The van der Waals surface area contributed by atoms with Crippen molar-refractivity contribution in [3.63, 3.8) is 0 Å². The number of rotatable bonds is 6. The molecule has 0 aromatic heterocycles. The fraction of sp³-hybridized carbons (Fsp3) is 0.647. The zero-order chi connectivity index (χ0) is 15.2. The highest BCUT2D eigenvalue weighted by Crippen LogP contribution is 2.25. The lowest BCUT2D eigenvalue weighted by atomic mass is 9.95. The minimum atomic E-state index is -0.761. The fourth-order valence-corrected chi connectivity index (χ4v) is 3.06. The summed E-state index contributed by atoms with van der Waals surface area (Å²) in [5.41, 5.74) is 0.393. The standard InChI is InChI=1S/C17H26FNO2/c1-13(17(20)15-5-3-4-6-16(15)18)11-19(2)12-14-7-9-21-10-8-14/h3-6,13-14,17,20H,7-12H2,1-2H3. The molecule has 0 radical (unpaired) electrons. The van der Waals surface area contributed by atoms with E-state index in [-0.39, 0.29) is 11.7 Å². The number of hydrogen-bond donors (Lipinski definition) is 1. The summed E-state index contributed by atoms with van der Waals surface area (Å²) in [6, 6.07) is 6.47. The predicted molar refractivity (Wildman–Crippen MR) is 81.6 cm³/mol. The first-order valence-electron chi connectivity index (χ1n) is 7.76. The SMILES string of the molecule is CC(CN(C)CC1CCOCC1)C(O)c1ccccc1F. The van der Waals surface area contributed by atoms with E-state index in [4.69, 9.17) is 4.74 Å². The summed E-state index contributed by atoms with van der Waals surface area (Å²) in [6.45, 7) is 5.44. The molecule has 1 heterocycles. The Morgan fingerprint density at radius 1 is 1.33 bits per heavy atom. The van der Waals surface area contributed by atoms with Crippen LogP contribution >= 0.6 is 0 Å². The molecule has 0 spiro atoms. The number of nitrogens with zero attached hydrogens (tertiary/aromatic N) is 1. The molecule has 0 amide bonds. The van der Waals surface area contributed by atoms with Crippen molar-refractivity contribution in [3.8, 4) is 0 Å².